The highest BCUT2D eigenvalue weighted by molar-refractivity contribution is 7.99. The number of nitrogens with one attached hydrogen (secondary N) is 1. The highest BCUT2D eigenvalue weighted by Gasteiger charge is 2.18. The summed E-state index contributed by atoms with van der Waals surface area (Å²) in [6.45, 7) is 1.96. The molecule has 0 spiro atoms. The van der Waals surface area contributed by atoms with Crippen molar-refractivity contribution in [2.24, 2.45) is 0 Å². The summed E-state index contributed by atoms with van der Waals surface area (Å²) < 4.78 is 0. The number of carbonyl (C=O) groups is 1. The van der Waals surface area contributed by atoms with Gasteiger partial charge in [0.25, 0.3) is 0 Å². The lowest BCUT2D eigenvalue weighted by Gasteiger charge is -2.04. The summed E-state index contributed by atoms with van der Waals surface area (Å²) in [7, 11) is 0. The number of H-pyrrole nitrogens is 1. The summed E-state index contributed by atoms with van der Waals surface area (Å²) in [6, 6.07) is 11.0. The first-order valence-corrected chi connectivity index (χ1v) is 8.01. The van der Waals surface area contributed by atoms with Gasteiger partial charge in [-0.15, -0.1) is 0 Å². The van der Waals surface area contributed by atoms with Gasteiger partial charge in [0.05, 0.1) is 4.90 Å². The molecular weight excluding hydrogens is 341 g/mol. The van der Waals surface area contributed by atoms with Gasteiger partial charge < -0.3 is 10.1 Å². The van der Waals surface area contributed by atoms with Crippen molar-refractivity contribution in [3.8, 4) is 0 Å². The normalized spacial score (nSPS) is 11.0. The largest absolute Gasteiger partial charge is 0.477 e. The maximum absolute atomic E-state index is 11.5. The summed E-state index contributed by atoms with van der Waals surface area (Å²) in [4.78, 5) is 15.9. The third-order valence-corrected chi connectivity index (χ3v) is 4.71. The average Bonchev–Trinajstić information content (AvgIpc) is 2.75. The summed E-state index contributed by atoms with van der Waals surface area (Å²) in [5.41, 5.74) is 2.03. The predicted octanol–water partition coefficient (Wildman–Crippen LogP) is 5.63. The number of hydrogen-bond donors (Lipinski definition) is 2. The van der Waals surface area contributed by atoms with Crippen LogP contribution in [-0.4, -0.2) is 16.1 Å². The van der Waals surface area contributed by atoms with E-state index in [1.165, 1.54) is 11.8 Å². The fourth-order valence-electron chi connectivity index (χ4n) is 2.25. The first kappa shape index (κ1) is 15.3. The third kappa shape index (κ3) is 2.95. The second-order valence-electron chi connectivity index (χ2n) is 4.89. The Morgan fingerprint density at radius 3 is 2.45 bits per heavy atom. The Kier molecular flexibility index (Phi) is 4.08. The Labute approximate surface area is 141 Å². The second kappa shape index (κ2) is 5.88. The minimum absolute atomic E-state index is 0.168. The predicted molar refractivity (Wildman–Crippen MR) is 90.6 cm³/mol. The van der Waals surface area contributed by atoms with E-state index in [0.29, 0.717) is 14.9 Å². The van der Waals surface area contributed by atoms with Crippen molar-refractivity contribution in [1.29, 1.82) is 0 Å². The van der Waals surface area contributed by atoms with Crippen LogP contribution in [0.4, 0.5) is 0 Å². The number of carboxylic acid groups (broad SMARTS) is 1. The zero-order valence-electron chi connectivity index (χ0n) is 11.5. The van der Waals surface area contributed by atoms with Crippen molar-refractivity contribution in [1.82, 2.24) is 4.98 Å². The zero-order valence-corrected chi connectivity index (χ0v) is 13.8. The molecule has 0 unspecified atom stereocenters. The number of hydrogen-bond acceptors (Lipinski definition) is 2. The highest BCUT2D eigenvalue weighted by Crippen LogP contribution is 2.38. The number of benzene rings is 2. The van der Waals surface area contributed by atoms with Crippen LogP contribution in [0.25, 0.3) is 10.9 Å². The number of halogens is 2. The van der Waals surface area contributed by atoms with Crippen LogP contribution in [0.2, 0.25) is 10.0 Å². The Morgan fingerprint density at radius 1 is 1.14 bits per heavy atom. The van der Waals surface area contributed by atoms with E-state index < -0.39 is 5.97 Å². The molecule has 1 heterocycles. The lowest BCUT2D eigenvalue weighted by Crippen LogP contribution is -1.97. The van der Waals surface area contributed by atoms with Gasteiger partial charge >= 0.3 is 5.97 Å². The van der Waals surface area contributed by atoms with E-state index in [-0.39, 0.29) is 5.69 Å². The molecule has 0 aliphatic rings. The summed E-state index contributed by atoms with van der Waals surface area (Å²) in [5.74, 6) is -0.996. The van der Waals surface area contributed by atoms with Gasteiger partial charge in [-0.1, -0.05) is 47.1 Å². The van der Waals surface area contributed by atoms with Crippen LogP contribution in [0.3, 0.4) is 0 Å². The average molecular weight is 352 g/mol. The minimum Gasteiger partial charge on any atom is -0.477 e. The van der Waals surface area contributed by atoms with E-state index in [2.05, 4.69) is 4.98 Å². The first-order chi connectivity index (χ1) is 10.4. The van der Waals surface area contributed by atoms with E-state index >= 15 is 0 Å². The van der Waals surface area contributed by atoms with E-state index in [1.54, 1.807) is 18.2 Å². The van der Waals surface area contributed by atoms with Crippen LogP contribution in [0, 0.1) is 6.92 Å². The van der Waals surface area contributed by atoms with Crippen molar-refractivity contribution in [2.75, 3.05) is 0 Å². The summed E-state index contributed by atoms with van der Waals surface area (Å²) >= 11 is 13.4. The molecule has 3 nitrogen and oxygen atoms in total. The maximum Gasteiger partial charge on any atom is 0.353 e. The Bertz CT molecular complexity index is 869. The van der Waals surface area contributed by atoms with Gasteiger partial charge in [0.1, 0.15) is 5.69 Å². The molecule has 3 aromatic rings. The molecule has 1 aromatic heterocycles. The van der Waals surface area contributed by atoms with E-state index in [9.17, 15) is 9.90 Å². The van der Waals surface area contributed by atoms with Crippen molar-refractivity contribution in [3.63, 3.8) is 0 Å². The summed E-state index contributed by atoms with van der Waals surface area (Å²) in [5, 5.41) is 11.3. The fraction of sp³-hybridized carbons (Fsp3) is 0.0625. The molecule has 0 atom stereocenters. The lowest BCUT2D eigenvalue weighted by molar-refractivity contribution is 0.0688. The van der Waals surface area contributed by atoms with Crippen LogP contribution in [0.5, 0.6) is 0 Å². The molecule has 0 radical (unpaired) electrons. The molecule has 0 aliphatic carbocycles. The molecule has 0 fully saturated rings. The van der Waals surface area contributed by atoms with Crippen LogP contribution in [-0.2, 0) is 0 Å². The van der Waals surface area contributed by atoms with Gasteiger partial charge in [0.15, 0.2) is 0 Å². The van der Waals surface area contributed by atoms with Crippen LogP contribution < -0.4 is 0 Å². The molecule has 6 heteroatoms. The number of fused-ring (bicyclic) bond motifs is 1. The molecular formula is C16H11Cl2NO2S. The zero-order chi connectivity index (χ0) is 15.9. The van der Waals surface area contributed by atoms with Gasteiger partial charge in [0, 0.05) is 25.8 Å². The molecule has 0 saturated heterocycles. The van der Waals surface area contributed by atoms with Crippen LogP contribution >= 0.6 is 35.0 Å². The third-order valence-electron chi connectivity index (χ3n) is 3.18. The Morgan fingerprint density at radius 2 is 1.82 bits per heavy atom. The molecule has 0 aliphatic heterocycles. The number of carboxylic acids is 1. The highest BCUT2D eigenvalue weighted by atomic mass is 35.5. The SMILES string of the molecule is Cc1ccc2c(Sc3cc(Cl)cc(Cl)c3)c(C(=O)O)[nH]c2c1. The van der Waals surface area contributed by atoms with Crippen molar-refractivity contribution in [2.45, 2.75) is 16.7 Å². The molecule has 2 aromatic carbocycles. The van der Waals surface area contributed by atoms with Gasteiger partial charge in [-0.3, -0.25) is 0 Å². The lowest BCUT2D eigenvalue weighted by atomic mass is 10.2. The number of aromatic nitrogens is 1. The van der Waals surface area contributed by atoms with E-state index in [4.69, 9.17) is 23.2 Å². The van der Waals surface area contributed by atoms with Gasteiger partial charge in [-0.2, -0.15) is 0 Å². The monoisotopic (exact) mass is 351 g/mol. The van der Waals surface area contributed by atoms with E-state index in [0.717, 1.165) is 21.4 Å². The van der Waals surface area contributed by atoms with Gasteiger partial charge in [0.2, 0.25) is 0 Å². The number of rotatable bonds is 3. The molecule has 2 N–H and O–H groups in total. The van der Waals surface area contributed by atoms with Crippen molar-refractivity contribution < 1.29 is 9.90 Å². The molecule has 0 bridgehead atoms. The molecule has 0 amide bonds. The van der Waals surface area contributed by atoms with Crippen molar-refractivity contribution >= 4 is 51.8 Å². The summed E-state index contributed by atoms with van der Waals surface area (Å²) in [6.07, 6.45) is 0. The number of aryl methyl sites for hydroxylation is 1. The van der Waals surface area contributed by atoms with Gasteiger partial charge in [-0.25, -0.2) is 4.79 Å². The number of aromatic carboxylic acids is 1. The maximum atomic E-state index is 11.5. The molecule has 112 valence electrons. The minimum atomic E-state index is -0.996. The fourth-order valence-corrected chi connectivity index (χ4v) is 4.04. The second-order valence-corrected chi connectivity index (χ2v) is 6.85. The van der Waals surface area contributed by atoms with Crippen LogP contribution in [0.1, 0.15) is 16.1 Å². The smallest absolute Gasteiger partial charge is 0.353 e. The Hall–Kier alpha value is -1.62. The molecule has 22 heavy (non-hydrogen) atoms. The molecule has 3 rings (SSSR count). The van der Waals surface area contributed by atoms with Crippen molar-refractivity contribution in [3.05, 3.63) is 57.7 Å². The topological polar surface area (TPSA) is 53.1 Å². The standard InChI is InChI=1S/C16H11Cl2NO2S/c1-8-2-3-12-13(4-8)19-14(16(20)21)15(12)22-11-6-9(17)5-10(18)7-11/h2-7,19H,1H3,(H,20,21). The van der Waals surface area contributed by atoms with Gasteiger partial charge in [-0.05, 0) is 36.8 Å². The first-order valence-electron chi connectivity index (χ1n) is 6.43. The number of aromatic amines is 1. The Balaban J connectivity index is 2.16. The van der Waals surface area contributed by atoms with Crippen LogP contribution in [0.15, 0.2) is 46.2 Å². The quantitative estimate of drug-likeness (QED) is 0.642. The van der Waals surface area contributed by atoms with E-state index in [1.807, 2.05) is 25.1 Å². The molecule has 0 saturated carbocycles.